The van der Waals surface area contributed by atoms with Gasteiger partial charge in [0.1, 0.15) is 11.4 Å². The summed E-state index contributed by atoms with van der Waals surface area (Å²) < 4.78 is 14.6. The maximum atomic E-state index is 13.1. The maximum Gasteiger partial charge on any atom is 0.256 e. The average Bonchev–Trinajstić information content (AvgIpc) is 2.97. The van der Waals surface area contributed by atoms with Crippen LogP contribution in [0.3, 0.4) is 0 Å². The Morgan fingerprint density at radius 3 is 2.77 bits per heavy atom. The predicted molar refractivity (Wildman–Crippen MR) is 81.0 cm³/mol. The highest BCUT2D eigenvalue weighted by atomic mass is 19.1. The van der Waals surface area contributed by atoms with Gasteiger partial charge in [0.15, 0.2) is 5.65 Å². The van der Waals surface area contributed by atoms with Gasteiger partial charge in [-0.15, -0.1) is 0 Å². The molecule has 3 rings (SSSR count). The van der Waals surface area contributed by atoms with E-state index in [0.717, 1.165) is 17.7 Å². The lowest BCUT2D eigenvalue weighted by Gasteiger charge is -2.05. The van der Waals surface area contributed by atoms with Crippen molar-refractivity contribution in [2.75, 3.05) is 6.54 Å². The van der Waals surface area contributed by atoms with Crippen LogP contribution in [0.2, 0.25) is 0 Å². The molecule has 0 bridgehead atoms. The summed E-state index contributed by atoms with van der Waals surface area (Å²) in [5.41, 5.74) is 2.46. The highest BCUT2D eigenvalue weighted by Gasteiger charge is 2.15. The van der Waals surface area contributed by atoms with E-state index < -0.39 is 0 Å². The number of hydrogen-bond acceptors (Lipinski definition) is 3. The second-order valence-corrected chi connectivity index (χ2v) is 4.89. The first-order valence-corrected chi connectivity index (χ1v) is 7.07. The Morgan fingerprint density at radius 2 is 2.05 bits per heavy atom. The van der Waals surface area contributed by atoms with Gasteiger partial charge in [-0.2, -0.15) is 5.10 Å². The van der Waals surface area contributed by atoms with Crippen LogP contribution < -0.4 is 5.32 Å². The van der Waals surface area contributed by atoms with Crippen molar-refractivity contribution < 1.29 is 9.18 Å². The summed E-state index contributed by atoms with van der Waals surface area (Å²) in [6, 6.07) is 7.89. The topological polar surface area (TPSA) is 59.3 Å². The molecule has 0 atom stereocenters. The van der Waals surface area contributed by atoms with E-state index in [9.17, 15) is 9.18 Å². The molecule has 3 aromatic rings. The van der Waals surface area contributed by atoms with Crippen LogP contribution in [0.1, 0.15) is 23.7 Å². The third-order valence-corrected chi connectivity index (χ3v) is 3.32. The van der Waals surface area contributed by atoms with Crippen molar-refractivity contribution in [3.8, 4) is 11.3 Å². The molecule has 1 amide bonds. The van der Waals surface area contributed by atoms with Crippen LogP contribution in [0, 0.1) is 5.82 Å². The molecule has 22 heavy (non-hydrogen) atoms. The SMILES string of the molecule is CCCNC(=O)c1cnn2c(-c3ccc(F)cc3)ccnc12. The van der Waals surface area contributed by atoms with E-state index in [1.807, 2.05) is 6.92 Å². The summed E-state index contributed by atoms with van der Waals surface area (Å²) in [5.74, 6) is -0.491. The Kier molecular flexibility index (Phi) is 3.82. The molecule has 0 aliphatic heterocycles. The van der Waals surface area contributed by atoms with E-state index in [1.165, 1.54) is 18.3 Å². The number of amides is 1. The Balaban J connectivity index is 2.05. The van der Waals surface area contributed by atoms with Crippen molar-refractivity contribution in [1.29, 1.82) is 0 Å². The van der Waals surface area contributed by atoms with Gasteiger partial charge in [-0.05, 0) is 36.8 Å². The summed E-state index contributed by atoms with van der Waals surface area (Å²) in [6.07, 6.45) is 3.98. The van der Waals surface area contributed by atoms with Gasteiger partial charge in [-0.3, -0.25) is 4.79 Å². The second kappa shape index (κ2) is 5.93. The van der Waals surface area contributed by atoms with Gasteiger partial charge in [0, 0.05) is 18.3 Å². The smallest absolute Gasteiger partial charge is 0.256 e. The molecule has 2 heterocycles. The van der Waals surface area contributed by atoms with E-state index in [0.29, 0.717) is 17.8 Å². The number of nitrogens with zero attached hydrogens (tertiary/aromatic N) is 3. The largest absolute Gasteiger partial charge is 0.352 e. The van der Waals surface area contributed by atoms with Gasteiger partial charge in [0.05, 0.1) is 11.9 Å². The highest BCUT2D eigenvalue weighted by molar-refractivity contribution is 5.99. The van der Waals surface area contributed by atoms with Crippen molar-refractivity contribution >= 4 is 11.6 Å². The van der Waals surface area contributed by atoms with Crippen LogP contribution in [0.15, 0.2) is 42.7 Å². The third-order valence-electron chi connectivity index (χ3n) is 3.32. The summed E-state index contributed by atoms with van der Waals surface area (Å²) in [5, 5.41) is 7.06. The summed E-state index contributed by atoms with van der Waals surface area (Å²) in [4.78, 5) is 16.4. The van der Waals surface area contributed by atoms with Crippen LogP contribution in [-0.2, 0) is 0 Å². The first-order chi connectivity index (χ1) is 10.7. The molecule has 5 nitrogen and oxygen atoms in total. The van der Waals surface area contributed by atoms with E-state index in [2.05, 4.69) is 15.4 Å². The van der Waals surface area contributed by atoms with E-state index >= 15 is 0 Å². The highest BCUT2D eigenvalue weighted by Crippen LogP contribution is 2.21. The number of hydrogen-bond donors (Lipinski definition) is 1. The van der Waals surface area contributed by atoms with E-state index in [1.54, 1.807) is 28.9 Å². The Morgan fingerprint density at radius 1 is 1.27 bits per heavy atom. The predicted octanol–water partition coefficient (Wildman–Crippen LogP) is 2.68. The molecule has 1 aromatic carbocycles. The number of aromatic nitrogens is 3. The number of benzene rings is 1. The van der Waals surface area contributed by atoms with Crippen molar-refractivity contribution in [2.24, 2.45) is 0 Å². The molecule has 0 saturated carbocycles. The monoisotopic (exact) mass is 298 g/mol. The molecular formula is C16H15FN4O. The van der Waals surface area contributed by atoms with Gasteiger partial charge in [-0.25, -0.2) is 13.9 Å². The van der Waals surface area contributed by atoms with Crippen molar-refractivity contribution in [1.82, 2.24) is 19.9 Å². The quantitative estimate of drug-likeness (QED) is 0.805. The Bertz CT molecular complexity index is 811. The average molecular weight is 298 g/mol. The van der Waals surface area contributed by atoms with Gasteiger partial charge in [0.2, 0.25) is 0 Å². The lowest BCUT2D eigenvalue weighted by atomic mass is 10.1. The maximum absolute atomic E-state index is 13.1. The fraction of sp³-hybridized carbons (Fsp3) is 0.188. The number of carbonyl (C=O) groups is 1. The van der Waals surface area contributed by atoms with Crippen LogP contribution >= 0.6 is 0 Å². The molecule has 1 N–H and O–H groups in total. The minimum absolute atomic E-state index is 0.194. The minimum Gasteiger partial charge on any atom is -0.352 e. The second-order valence-electron chi connectivity index (χ2n) is 4.89. The number of rotatable bonds is 4. The summed E-state index contributed by atoms with van der Waals surface area (Å²) >= 11 is 0. The number of nitrogens with one attached hydrogen (secondary N) is 1. The number of carbonyl (C=O) groups excluding carboxylic acids is 1. The van der Waals surface area contributed by atoms with Gasteiger partial charge >= 0.3 is 0 Å². The molecule has 6 heteroatoms. The van der Waals surface area contributed by atoms with E-state index in [4.69, 9.17) is 0 Å². The lowest BCUT2D eigenvalue weighted by molar-refractivity contribution is 0.0955. The van der Waals surface area contributed by atoms with Gasteiger partial charge < -0.3 is 5.32 Å². The molecule has 0 spiro atoms. The number of fused-ring (bicyclic) bond motifs is 1. The van der Waals surface area contributed by atoms with Crippen LogP contribution in [0.4, 0.5) is 4.39 Å². The first kappa shape index (κ1) is 14.2. The fourth-order valence-electron chi connectivity index (χ4n) is 2.22. The van der Waals surface area contributed by atoms with Crippen molar-refractivity contribution in [3.63, 3.8) is 0 Å². The molecule has 0 fully saturated rings. The van der Waals surface area contributed by atoms with Gasteiger partial charge in [-0.1, -0.05) is 6.92 Å². The van der Waals surface area contributed by atoms with E-state index in [-0.39, 0.29) is 11.7 Å². The summed E-state index contributed by atoms with van der Waals surface area (Å²) in [7, 11) is 0. The third kappa shape index (κ3) is 2.55. The molecule has 0 radical (unpaired) electrons. The standard InChI is InChI=1S/C16H15FN4O/c1-2-8-19-16(22)13-10-20-21-14(7-9-18-15(13)21)11-3-5-12(17)6-4-11/h3-7,9-10H,2,8H2,1H3,(H,19,22). The van der Waals surface area contributed by atoms with Crippen molar-refractivity contribution in [2.45, 2.75) is 13.3 Å². The lowest BCUT2D eigenvalue weighted by Crippen LogP contribution is -2.23. The molecular weight excluding hydrogens is 283 g/mol. The Hall–Kier alpha value is -2.76. The first-order valence-electron chi connectivity index (χ1n) is 7.07. The van der Waals surface area contributed by atoms with Crippen molar-refractivity contribution in [3.05, 3.63) is 54.1 Å². The Labute approximate surface area is 126 Å². The molecule has 0 aliphatic carbocycles. The molecule has 0 unspecified atom stereocenters. The number of halogens is 1. The zero-order valence-electron chi connectivity index (χ0n) is 12.1. The van der Waals surface area contributed by atoms with Crippen LogP contribution in [-0.4, -0.2) is 27.0 Å². The van der Waals surface area contributed by atoms with Crippen LogP contribution in [0.25, 0.3) is 16.9 Å². The molecule has 2 aromatic heterocycles. The fourth-order valence-corrected chi connectivity index (χ4v) is 2.22. The zero-order chi connectivity index (χ0) is 15.5. The summed E-state index contributed by atoms with van der Waals surface area (Å²) in [6.45, 7) is 2.59. The molecule has 112 valence electrons. The van der Waals surface area contributed by atoms with Crippen LogP contribution in [0.5, 0.6) is 0 Å². The normalized spacial score (nSPS) is 10.8. The van der Waals surface area contributed by atoms with Gasteiger partial charge in [0.25, 0.3) is 5.91 Å². The minimum atomic E-state index is -0.297. The molecule has 0 saturated heterocycles. The zero-order valence-corrected chi connectivity index (χ0v) is 12.1. The molecule has 0 aliphatic rings.